The van der Waals surface area contributed by atoms with Crippen LogP contribution in [0.15, 0.2) is 18.2 Å². The lowest BCUT2D eigenvalue weighted by Gasteiger charge is -2.24. The number of carbonyl (C=O) groups excluding carboxylic acids is 4. The molecule has 0 heterocycles. The van der Waals surface area contributed by atoms with E-state index in [0.29, 0.717) is 23.7 Å². The van der Waals surface area contributed by atoms with Gasteiger partial charge in [0.05, 0.1) is 11.6 Å². The van der Waals surface area contributed by atoms with E-state index < -0.39 is 11.9 Å². The number of hydrogen-bond donors (Lipinski definition) is 1. The molecule has 1 atom stereocenters. The van der Waals surface area contributed by atoms with E-state index >= 15 is 0 Å². The van der Waals surface area contributed by atoms with Crippen LogP contribution in [0.4, 0.5) is 0 Å². The minimum Gasteiger partial charge on any atom is -0.359 e. The van der Waals surface area contributed by atoms with Crippen molar-refractivity contribution in [1.82, 2.24) is 10.2 Å². The Morgan fingerprint density at radius 2 is 2.00 bits per heavy atom. The summed E-state index contributed by atoms with van der Waals surface area (Å²) >= 11 is 0. The summed E-state index contributed by atoms with van der Waals surface area (Å²) in [7, 11) is 3.00. The first-order valence-corrected chi connectivity index (χ1v) is 6.94. The maximum absolute atomic E-state index is 12.5. The van der Waals surface area contributed by atoms with E-state index in [1.165, 1.54) is 19.0 Å². The maximum atomic E-state index is 12.5. The van der Waals surface area contributed by atoms with Crippen LogP contribution >= 0.6 is 0 Å². The molecule has 22 heavy (non-hydrogen) atoms. The molecular formula is C16H20N2O4. The summed E-state index contributed by atoms with van der Waals surface area (Å²) in [5, 5.41) is 2.47. The van der Waals surface area contributed by atoms with Crippen molar-refractivity contribution >= 4 is 24.4 Å². The Bertz CT molecular complexity index is 584. The van der Waals surface area contributed by atoms with Gasteiger partial charge in [-0.1, -0.05) is 12.1 Å². The number of aryl methyl sites for hydroxylation is 1. The van der Waals surface area contributed by atoms with E-state index in [0.717, 1.165) is 0 Å². The molecule has 0 saturated carbocycles. The Labute approximate surface area is 129 Å². The van der Waals surface area contributed by atoms with Crippen LogP contribution < -0.4 is 5.32 Å². The smallest absolute Gasteiger partial charge is 0.254 e. The van der Waals surface area contributed by atoms with Crippen LogP contribution in [-0.2, 0) is 9.59 Å². The van der Waals surface area contributed by atoms with Crippen molar-refractivity contribution in [2.75, 3.05) is 14.1 Å². The highest BCUT2D eigenvalue weighted by atomic mass is 16.2. The van der Waals surface area contributed by atoms with Crippen LogP contribution in [0.5, 0.6) is 0 Å². The average molecular weight is 304 g/mol. The summed E-state index contributed by atoms with van der Waals surface area (Å²) in [6.07, 6.45) is 1.65. The molecule has 1 rings (SSSR count). The van der Waals surface area contributed by atoms with E-state index in [1.54, 1.807) is 25.1 Å². The zero-order valence-corrected chi connectivity index (χ0v) is 13.0. The van der Waals surface area contributed by atoms with Crippen molar-refractivity contribution in [1.29, 1.82) is 0 Å². The Balaban J connectivity index is 2.95. The molecule has 6 nitrogen and oxygen atoms in total. The maximum Gasteiger partial charge on any atom is 0.254 e. The van der Waals surface area contributed by atoms with Gasteiger partial charge in [-0.2, -0.15) is 0 Å². The number of benzene rings is 1. The molecule has 1 aromatic carbocycles. The first kappa shape index (κ1) is 17.6. The van der Waals surface area contributed by atoms with E-state index in [4.69, 9.17) is 0 Å². The van der Waals surface area contributed by atoms with Crippen LogP contribution in [0.3, 0.4) is 0 Å². The minimum absolute atomic E-state index is 0.145. The van der Waals surface area contributed by atoms with Crippen molar-refractivity contribution in [3.8, 4) is 0 Å². The monoisotopic (exact) mass is 304 g/mol. The first-order valence-electron chi connectivity index (χ1n) is 6.94. The van der Waals surface area contributed by atoms with E-state index in [1.807, 2.05) is 0 Å². The van der Waals surface area contributed by atoms with Crippen LogP contribution in [-0.4, -0.2) is 49.4 Å². The molecule has 1 aromatic rings. The van der Waals surface area contributed by atoms with Gasteiger partial charge < -0.3 is 15.0 Å². The highest BCUT2D eigenvalue weighted by Gasteiger charge is 2.23. The molecule has 0 spiro atoms. The lowest BCUT2D eigenvalue weighted by molar-refractivity contribution is -0.121. The fourth-order valence-corrected chi connectivity index (χ4v) is 2.12. The molecule has 6 heteroatoms. The summed E-state index contributed by atoms with van der Waals surface area (Å²) in [4.78, 5) is 47.4. The zero-order valence-electron chi connectivity index (χ0n) is 13.0. The van der Waals surface area contributed by atoms with Crippen molar-refractivity contribution in [3.63, 3.8) is 0 Å². The van der Waals surface area contributed by atoms with Gasteiger partial charge in [-0.05, 0) is 25.0 Å². The molecule has 0 fully saturated rings. The van der Waals surface area contributed by atoms with Gasteiger partial charge in [0.15, 0.2) is 6.29 Å². The van der Waals surface area contributed by atoms with E-state index in [9.17, 15) is 19.2 Å². The lowest BCUT2D eigenvalue weighted by atomic mass is 10.0. The van der Waals surface area contributed by atoms with Crippen LogP contribution in [0.1, 0.15) is 39.1 Å². The Kier molecular flexibility index (Phi) is 6.44. The van der Waals surface area contributed by atoms with Crippen molar-refractivity contribution in [3.05, 3.63) is 34.9 Å². The summed E-state index contributed by atoms with van der Waals surface area (Å²) in [5.41, 5.74) is 1.27. The number of rotatable bonds is 7. The Hall–Kier alpha value is -2.50. The molecular weight excluding hydrogens is 284 g/mol. The molecule has 0 aliphatic heterocycles. The van der Waals surface area contributed by atoms with Gasteiger partial charge in [0.1, 0.15) is 6.29 Å². The quantitative estimate of drug-likeness (QED) is 0.761. The number of nitrogens with one attached hydrogen (secondary N) is 1. The molecule has 0 bridgehead atoms. The summed E-state index contributed by atoms with van der Waals surface area (Å²) in [6, 6.07) is 4.26. The van der Waals surface area contributed by atoms with Crippen molar-refractivity contribution < 1.29 is 19.2 Å². The summed E-state index contributed by atoms with van der Waals surface area (Å²) in [6.45, 7) is 1.74. The standard InChI is InChI=1S/C16H20N2O4/c1-11-5-4-6-13(14(11)10-20)16(22)18(3)12(9-19)7-8-15(21)17-2/h4-6,9-10,12H,7-8H2,1-3H3,(H,17,21). The third-order valence-corrected chi connectivity index (χ3v) is 3.59. The van der Waals surface area contributed by atoms with Crippen molar-refractivity contribution in [2.45, 2.75) is 25.8 Å². The molecule has 0 saturated heterocycles. The van der Waals surface area contributed by atoms with Gasteiger partial charge in [0.2, 0.25) is 5.91 Å². The van der Waals surface area contributed by atoms with Gasteiger partial charge in [0, 0.05) is 26.1 Å². The molecule has 0 aliphatic carbocycles. The molecule has 1 N–H and O–H groups in total. The number of amides is 2. The van der Waals surface area contributed by atoms with E-state index in [-0.39, 0.29) is 24.3 Å². The highest BCUT2D eigenvalue weighted by Crippen LogP contribution is 2.16. The zero-order chi connectivity index (χ0) is 16.7. The molecule has 0 radical (unpaired) electrons. The Morgan fingerprint density at radius 3 is 2.55 bits per heavy atom. The lowest BCUT2D eigenvalue weighted by Crippen LogP contribution is -2.39. The average Bonchev–Trinajstić information content (AvgIpc) is 2.53. The van der Waals surface area contributed by atoms with Gasteiger partial charge in [0.25, 0.3) is 5.91 Å². The van der Waals surface area contributed by atoms with Crippen LogP contribution in [0, 0.1) is 6.92 Å². The summed E-state index contributed by atoms with van der Waals surface area (Å²) < 4.78 is 0. The topological polar surface area (TPSA) is 83.6 Å². The molecule has 0 aliphatic rings. The predicted molar refractivity (Wildman–Crippen MR) is 81.8 cm³/mol. The highest BCUT2D eigenvalue weighted by molar-refractivity contribution is 6.02. The van der Waals surface area contributed by atoms with Crippen molar-refractivity contribution in [2.24, 2.45) is 0 Å². The molecule has 0 aromatic heterocycles. The molecule has 1 unspecified atom stereocenters. The predicted octanol–water partition coefficient (Wildman–Crippen LogP) is 0.973. The Morgan fingerprint density at radius 1 is 1.32 bits per heavy atom. The summed E-state index contributed by atoms with van der Waals surface area (Å²) in [5.74, 6) is -0.614. The van der Waals surface area contributed by atoms with E-state index in [2.05, 4.69) is 5.32 Å². The fourth-order valence-electron chi connectivity index (χ4n) is 2.12. The number of likely N-dealkylation sites (N-methyl/N-ethyl adjacent to an activating group) is 1. The normalized spacial score (nSPS) is 11.4. The van der Waals surface area contributed by atoms with Crippen LogP contribution in [0.25, 0.3) is 0 Å². The second-order valence-corrected chi connectivity index (χ2v) is 4.99. The second-order valence-electron chi connectivity index (χ2n) is 4.99. The largest absolute Gasteiger partial charge is 0.359 e. The van der Waals surface area contributed by atoms with Gasteiger partial charge in [-0.3, -0.25) is 14.4 Å². The fraction of sp³-hybridized carbons (Fsp3) is 0.375. The van der Waals surface area contributed by atoms with Crippen LogP contribution in [0.2, 0.25) is 0 Å². The van der Waals surface area contributed by atoms with Gasteiger partial charge in [-0.25, -0.2) is 0 Å². The molecule has 2 amide bonds. The minimum atomic E-state index is -0.718. The van der Waals surface area contributed by atoms with Gasteiger partial charge >= 0.3 is 0 Å². The third kappa shape index (κ3) is 4.00. The molecule has 118 valence electrons. The second kappa shape index (κ2) is 8.07. The number of aldehydes is 2. The first-order chi connectivity index (χ1) is 10.5. The number of carbonyl (C=O) groups is 4. The number of hydrogen-bond acceptors (Lipinski definition) is 4. The SMILES string of the molecule is CNC(=O)CCC(C=O)N(C)C(=O)c1cccc(C)c1C=O. The number of nitrogens with zero attached hydrogens (tertiary/aromatic N) is 1. The van der Waals surface area contributed by atoms with Gasteiger partial charge in [-0.15, -0.1) is 0 Å². The third-order valence-electron chi connectivity index (χ3n) is 3.59.